The highest BCUT2D eigenvalue weighted by atomic mass is 35.5. The molecule has 0 spiro atoms. The molecular weight excluding hydrogens is 265 g/mol. The second-order valence-electron chi connectivity index (χ2n) is 4.72. The molecule has 2 aromatic rings. The first kappa shape index (κ1) is 12.2. The minimum Gasteiger partial charge on any atom is -0.248 e. The second kappa shape index (κ2) is 4.67. The normalized spacial score (nSPS) is 14.4. The van der Waals surface area contributed by atoms with Crippen molar-refractivity contribution in [3.63, 3.8) is 0 Å². The first-order valence-electron chi connectivity index (χ1n) is 6.10. The van der Waals surface area contributed by atoms with Gasteiger partial charge in [-0.1, -0.05) is 23.7 Å². The summed E-state index contributed by atoms with van der Waals surface area (Å²) < 4.78 is 14.7. The first-order chi connectivity index (χ1) is 9.19. The summed E-state index contributed by atoms with van der Waals surface area (Å²) in [6, 6.07) is 8.41. The molecule has 0 saturated heterocycles. The van der Waals surface area contributed by atoms with Gasteiger partial charge in [0.05, 0.1) is 12.2 Å². The lowest BCUT2D eigenvalue weighted by molar-refractivity contribution is 0.618. The second-order valence-corrected chi connectivity index (χ2v) is 5.08. The first-order valence-corrected chi connectivity index (χ1v) is 6.47. The van der Waals surface area contributed by atoms with E-state index < -0.39 is 0 Å². The topological polar surface area (TPSA) is 41.6 Å². The maximum absolute atomic E-state index is 13.1. The van der Waals surface area contributed by atoms with E-state index in [1.807, 2.05) is 6.07 Å². The lowest BCUT2D eigenvalue weighted by atomic mass is 10.2. The predicted molar refractivity (Wildman–Crippen MR) is 69.4 cm³/mol. The zero-order valence-corrected chi connectivity index (χ0v) is 10.9. The Hall–Kier alpha value is -1.86. The van der Waals surface area contributed by atoms with E-state index in [9.17, 15) is 4.39 Å². The van der Waals surface area contributed by atoms with Gasteiger partial charge < -0.3 is 0 Å². The molecular formula is C14H11ClFN3. The van der Waals surface area contributed by atoms with Gasteiger partial charge in [0.15, 0.2) is 0 Å². The summed E-state index contributed by atoms with van der Waals surface area (Å²) in [4.78, 5) is 0. The van der Waals surface area contributed by atoms with Gasteiger partial charge in [-0.2, -0.15) is 10.4 Å². The number of benzene rings is 1. The zero-order chi connectivity index (χ0) is 13.4. The zero-order valence-electron chi connectivity index (χ0n) is 10.1. The minimum absolute atomic E-state index is 0.288. The predicted octanol–water partition coefficient (Wildman–Crippen LogP) is 3.47. The van der Waals surface area contributed by atoms with Crippen molar-refractivity contribution in [1.29, 1.82) is 5.26 Å². The Kier molecular flexibility index (Phi) is 3.00. The van der Waals surface area contributed by atoms with Gasteiger partial charge >= 0.3 is 0 Å². The van der Waals surface area contributed by atoms with E-state index in [-0.39, 0.29) is 5.82 Å². The van der Waals surface area contributed by atoms with Crippen LogP contribution in [-0.4, -0.2) is 9.78 Å². The van der Waals surface area contributed by atoms with E-state index in [2.05, 4.69) is 11.2 Å². The molecule has 1 heterocycles. The van der Waals surface area contributed by atoms with Crippen molar-refractivity contribution in [1.82, 2.24) is 9.78 Å². The Labute approximate surface area is 115 Å². The van der Waals surface area contributed by atoms with E-state index >= 15 is 0 Å². The van der Waals surface area contributed by atoms with Crippen LogP contribution in [-0.2, 0) is 6.54 Å². The molecule has 3 rings (SSSR count). The molecule has 0 aliphatic heterocycles. The van der Waals surface area contributed by atoms with E-state index in [0.29, 0.717) is 23.2 Å². The molecule has 1 aromatic carbocycles. The Bertz CT molecular complexity index is 668. The average Bonchev–Trinajstić information content (AvgIpc) is 3.17. The van der Waals surface area contributed by atoms with Crippen molar-refractivity contribution in [3.05, 3.63) is 52.1 Å². The van der Waals surface area contributed by atoms with E-state index in [4.69, 9.17) is 16.9 Å². The fourth-order valence-electron chi connectivity index (χ4n) is 2.12. The lowest BCUT2D eigenvalue weighted by Gasteiger charge is -2.03. The molecule has 0 N–H and O–H groups in total. The summed E-state index contributed by atoms with van der Waals surface area (Å²) in [5, 5.41) is 13.9. The maximum atomic E-state index is 13.1. The van der Waals surface area contributed by atoms with Crippen LogP contribution in [0.15, 0.2) is 24.3 Å². The molecule has 1 aliphatic carbocycles. The van der Waals surface area contributed by atoms with Gasteiger partial charge in [-0.25, -0.2) is 9.07 Å². The minimum atomic E-state index is -0.288. The number of hydrogen-bond acceptors (Lipinski definition) is 2. The maximum Gasteiger partial charge on any atom is 0.145 e. The number of aromatic nitrogens is 2. The largest absolute Gasteiger partial charge is 0.248 e. The van der Waals surface area contributed by atoms with Crippen LogP contribution in [0.2, 0.25) is 5.15 Å². The third-order valence-corrected chi connectivity index (χ3v) is 3.60. The molecule has 5 heteroatoms. The van der Waals surface area contributed by atoms with Crippen LogP contribution >= 0.6 is 11.6 Å². The van der Waals surface area contributed by atoms with Crippen molar-refractivity contribution in [2.75, 3.05) is 0 Å². The number of halogens is 2. The van der Waals surface area contributed by atoms with Crippen LogP contribution in [0.3, 0.4) is 0 Å². The molecule has 0 atom stereocenters. The van der Waals surface area contributed by atoms with Gasteiger partial charge in [0.2, 0.25) is 0 Å². The highest BCUT2D eigenvalue weighted by Crippen LogP contribution is 2.42. The highest BCUT2D eigenvalue weighted by Gasteiger charge is 2.31. The number of nitriles is 1. The lowest BCUT2D eigenvalue weighted by Crippen LogP contribution is -2.02. The van der Waals surface area contributed by atoms with Crippen molar-refractivity contribution in [2.24, 2.45) is 0 Å². The van der Waals surface area contributed by atoms with Crippen LogP contribution in [0.4, 0.5) is 4.39 Å². The number of nitrogens with zero attached hydrogens (tertiary/aromatic N) is 3. The average molecular weight is 276 g/mol. The van der Waals surface area contributed by atoms with Crippen LogP contribution < -0.4 is 0 Å². The quantitative estimate of drug-likeness (QED) is 0.861. The summed E-state index contributed by atoms with van der Waals surface area (Å²) in [6.45, 7) is 0.373. The third kappa shape index (κ3) is 2.34. The molecule has 0 bridgehead atoms. The van der Waals surface area contributed by atoms with E-state index in [0.717, 1.165) is 24.1 Å². The monoisotopic (exact) mass is 275 g/mol. The van der Waals surface area contributed by atoms with Gasteiger partial charge in [-0.05, 0) is 30.5 Å². The fraction of sp³-hybridized carbons (Fsp3) is 0.286. The molecule has 0 unspecified atom stereocenters. The molecule has 3 nitrogen and oxygen atoms in total. The van der Waals surface area contributed by atoms with Gasteiger partial charge in [0.25, 0.3) is 0 Å². The van der Waals surface area contributed by atoms with Crippen molar-refractivity contribution < 1.29 is 4.39 Å². The van der Waals surface area contributed by atoms with Gasteiger partial charge in [-0.3, -0.25) is 0 Å². The molecule has 0 amide bonds. The van der Waals surface area contributed by atoms with E-state index in [1.54, 1.807) is 10.7 Å². The molecule has 1 aliphatic rings. The van der Waals surface area contributed by atoms with Gasteiger partial charge in [0, 0.05) is 5.92 Å². The summed E-state index contributed by atoms with van der Waals surface area (Å²) >= 11 is 6.18. The Morgan fingerprint density at radius 2 is 2.26 bits per heavy atom. The van der Waals surface area contributed by atoms with Crippen LogP contribution in [0, 0.1) is 17.1 Å². The van der Waals surface area contributed by atoms with Gasteiger partial charge in [-0.15, -0.1) is 0 Å². The van der Waals surface area contributed by atoms with Crippen LogP contribution in [0.1, 0.15) is 35.6 Å². The van der Waals surface area contributed by atoms with E-state index in [1.165, 1.54) is 12.1 Å². The molecule has 1 saturated carbocycles. The molecule has 0 radical (unpaired) electrons. The Morgan fingerprint density at radius 3 is 2.89 bits per heavy atom. The van der Waals surface area contributed by atoms with Gasteiger partial charge in [0.1, 0.15) is 22.6 Å². The van der Waals surface area contributed by atoms with Crippen molar-refractivity contribution >= 4 is 11.6 Å². The molecule has 19 heavy (non-hydrogen) atoms. The number of rotatable bonds is 3. The summed E-state index contributed by atoms with van der Waals surface area (Å²) in [5.41, 5.74) is 2.01. The standard InChI is InChI=1S/C14H11ClFN3/c15-14-12(7-17)13(10-4-5-10)18-19(14)8-9-2-1-3-11(16)6-9/h1-3,6,10H,4-5,8H2. The summed E-state index contributed by atoms with van der Waals surface area (Å²) in [6.07, 6.45) is 2.12. The third-order valence-electron chi connectivity index (χ3n) is 3.21. The molecule has 96 valence electrons. The Balaban J connectivity index is 1.95. The SMILES string of the molecule is N#Cc1c(C2CC2)nn(Cc2cccc(F)c2)c1Cl. The molecule has 1 aromatic heterocycles. The molecule has 1 fully saturated rings. The van der Waals surface area contributed by atoms with Crippen LogP contribution in [0.5, 0.6) is 0 Å². The Morgan fingerprint density at radius 1 is 1.47 bits per heavy atom. The summed E-state index contributed by atoms with van der Waals surface area (Å²) in [5.74, 6) is 0.0737. The highest BCUT2D eigenvalue weighted by molar-refractivity contribution is 6.30. The smallest absolute Gasteiger partial charge is 0.145 e. The van der Waals surface area contributed by atoms with Crippen molar-refractivity contribution in [2.45, 2.75) is 25.3 Å². The van der Waals surface area contributed by atoms with Crippen molar-refractivity contribution in [3.8, 4) is 6.07 Å². The summed E-state index contributed by atoms with van der Waals surface area (Å²) in [7, 11) is 0. The number of hydrogen-bond donors (Lipinski definition) is 0. The fourth-order valence-corrected chi connectivity index (χ4v) is 2.35. The van der Waals surface area contributed by atoms with Crippen LogP contribution in [0.25, 0.3) is 0 Å².